The highest BCUT2D eigenvalue weighted by molar-refractivity contribution is 5.84. The molecule has 0 spiro atoms. The summed E-state index contributed by atoms with van der Waals surface area (Å²) in [5.74, 6) is 0.699. The number of methoxy groups -OCH3 is 3. The number of rotatable bonds is 5. The topological polar surface area (TPSA) is 65.0 Å². The predicted octanol–water partition coefficient (Wildman–Crippen LogP) is 3.00. The molecule has 1 aliphatic rings. The van der Waals surface area contributed by atoms with Crippen LogP contribution in [0.1, 0.15) is 37.7 Å². The number of hydrogen-bond donors (Lipinski definition) is 1. The maximum absolute atomic E-state index is 12.1. The molecule has 5 heteroatoms. The van der Waals surface area contributed by atoms with Gasteiger partial charge in [-0.05, 0) is 25.0 Å². The number of carbonyl (C=O) groups is 1. The van der Waals surface area contributed by atoms with Gasteiger partial charge in [0, 0.05) is 0 Å². The number of hydrogen-bond acceptors (Lipinski definition) is 4. The first-order valence-electron chi connectivity index (χ1n) is 7.13. The van der Waals surface area contributed by atoms with E-state index >= 15 is 0 Å². The largest absolute Gasteiger partial charge is 0.496 e. The molecule has 0 atom stereocenters. The van der Waals surface area contributed by atoms with Crippen LogP contribution in [0.5, 0.6) is 17.2 Å². The van der Waals surface area contributed by atoms with Gasteiger partial charge in [0.1, 0.15) is 11.2 Å². The summed E-state index contributed by atoms with van der Waals surface area (Å²) in [6.45, 7) is 0. The van der Waals surface area contributed by atoms with Crippen LogP contribution < -0.4 is 14.2 Å². The van der Waals surface area contributed by atoms with Crippen LogP contribution in [0.25, 0.3) is 0 Å². The maximum Gasteiger partial charge on any atom is 0.314 e. The molecule has 0 bridgehead atoms. The minimum atomic E-state index is -0.969. The van der Waals surface area contributed by atoms with Gasteiger partial charge in [-0.3, -0.25) is 4.79 Å². The van der Waals surface area contributed by atoms with E-state index in [-0.39, 0.29) is 0 Å². The summed E-state index contributed by atoms with van der Waals surface area (Å²) >= 11 is 0. The first-order valence-corrected chi connectivity index (χ1v) is 7.13. The molecule has 0 heterocycles. The minimum absolute atomic E-state index is 0.459. The van der Waals surface area contributed by atoms with E-state index < -0.39 is 11.4 Å². The fourth-order valence-corrected chi connectivity index (χ4v) is 3.26. The van der Waals surface area contributed by atoms with Gasteiger partial charge in [-0.25, -0.2) is 0 Å². The van der Waals surface area contributed by atoms with E-state index in [1.807, 2.05) is 0 Å². The third-order valence-corrected chi connectivity index (χ3v) is 4.32. The number of carboxylic acids is 1. The molecule has 1 aliphatic carbocycles. The Balaban J connectivity index is 2.70. The lowest BCUT2D eigenvalue weighted by molar-refractivity contribution is -0.145. The fraction of sp³-hybridized carbons (Fsp3) is 0.562. The molecule has 1 fully saturated rings. The molecule has 0 aliphatic heterocycles. The van der Waals surface area contributed by atoms with Crippen LogP contribution in [0.3, 0.4) is 0 Å². The van der Waals surface area contributed by atoms with Crippen LogP contribution >= 0.6 is 0 Å². The van der Waals surface area contributed by atoms with Crippen LogP contribution in [0, 0.1) is 0 Å². The van der Waals surface area contributed by atoms with Crippen molar-refractivity contribution in [2.45, 2.75) is 37.5 Å². The Labute approximate surface area is 124 Å². The van der Waals surface area contributed by atoms with Crippen molar-refractivity contribution in [3.05, 3.63) is 17.7 Å². The Morgan fingerprint density at radius 3 is 2.05 bits per heavy atom. The van der Waals surface area contributed by atoms with E-state index in [1.165, 1.54) is 7.11 Å². The van der Waals surface area contributed by atoms with Crippen LogP contribution in [0.2, 0.25) is 0 Å². The van der Waals surface area contributed by atoms with Gasteiger partial charge >= 0.3 is 5.97 Å². The van der Waals surface area contributed by atoms with Gasteiger partial charge in [0.25, 0.3) is 0 Å². The number of benzene rings is 1. The van der Waals surface area contributed by atoms with Crippen LogP contribution in [-0.4, -0.2) is 32.4 Å². The molecule has 1 saturated carbocycles. The van der Waals surface area contributed by atoms with E-state index in [2.05, 4.69) is 0 Å². The fourth-order valence-electron chi connectivity index (χ4n) is 3.26. The second-order valence-electron chi connectivity index (χ2n) is 5.33. The number of ether oxygens (including phenoxy) is 3. The Hall–Kier alpha value is -1.91. The predicted molar refractivity (Wildman–Crippen MR) is 78.5 cm³/mol. The highest BCUT2D eigenvalue weighted by Gasteiger charge is 2.46. The highest BCUT2D eigenvalue weighted by atomic mass is 16.5. The average Bonchev–Trinajstić information content (AvgIpc) is 2.53. The molecule has 0 aromatic heterocycles. The summed E-state index contributed by atoms with van der Waals surface area (Å²) in [6.07, 6.45) is 4.00. The van der Waals surface area contributed by atoms with Crippen LogP contribution in [-0.2, 0) is 10.2 Å². The van der Waals surface area contributed by atoms with E-state index in [9.17, 15) is 9.90 Å². The summed E-state index contributed by atoms with van der Waals surface area (Å²) < 4.78 is 16.2. The van der Waals surface area contributed by atoms with E-state index in [1.54, 1.807) is 26.4 Å². The Morgan fingerprint density at radius 2 is 1.57 bits per heavy atom. The van der Waals surface area contributed by atoms with E-state index in [0.29, 0.717) is 35.7 Å². The molecule has 0 unspecified atom stereocenters. The molecule has 21 heavy (non-hydrogen) atoms. The van der Waals surface area contributed by atoms with Gasteiger partial charge < -0.3 is 19.3 Å². The molecule has 1 aromatic rings. The lowest BCUT2D eigenvalue weighted by atomic mass is 9.68. The third-order valence-electron chi connectivity index (χ3n) is 4.32. The lowest BCUT2D eigenvalue weighted by Gasteiger charge is -2.35. The van der Waals surface area contributed by atoms with E-state index in [4.69, 9.17) is 14.2 Å². The first kappa shape index (κ1) is 15.5. The van der Waals surface area contributed by atoms with Crippen molar-refractivity contribution in [1.29, 1.82) is 0 Å². The van der Waals surface area contributed by atoms with E-state index in [0.717, 1.165) is 19.3 Å². The monoisotopic (exact) mass is 294 g/mol. The summed E-state index contributed by atoms with van der Waals surface area (Å²) in [7, 11) is 4.62. The normalized spacial score (nSPS) is 17.1. The second kappa shape index (κ2) is 6.24. The van der Waals surface area contributed by atoms with Gasteiger partial charge in [-0.15, -0.1) is 0 Å². The summed E-state index contributed by atoms with van der Waals surface area (Å²) in [6, 6.07) is 3.48. The molecule has 0 radical (unpaired) electrons. The van der Waals surface area contributed by atoms with Crippen molar-refractivity contribution in [2.75, 3.05) is 21.3 Å². The molecule has 1 aromatic carbocycles. The molecule has 116 valence electrons. The quantitative estimate of drug-likeness (QED) is 0.904. The summed E-state index contributed by atoms with van der Waals surface area (Å²) in [5.41, 5.74) is -0.372. The van der Waals surface area contributed by atoms with Gasteiger partial charge in [0.2, 0.25) is 0 Å². The molecule has 0 saturated heterocycles. The molecular weight excluding hydrogens is 272 g/mol. The van der Waals surface area contributed by atoms with Crippen molar-refractivity contribution >= 4 is 5.97 Å². The van der Waals surface area contributed by atoms with Crippen molar-refractivity contribution in [3.63, 3.8) is 0 Å². The van der Waals surface area contributed by atoms with Gasteiger partial charge in [-0.2, -0.15) is 0 Å². The summed E-state index contributed by atoms with van der Waals surface area (Å²) in [4.78, 5) is 12.1. The zero-order valence-corrected chi connectivity index (χ0v) is 12.8. The Kier molecular flexibility index (Phi) is 4.60. The maximum atomic E-state index is 12.1. The first-order chi connectivity index (χ1) is 10.1. The van der Waals surface area contributed by atoms with Gasteiger partial charge in [-0.1, -0.05) is 19.3 Å². The lowest BCUT2D eigenvalue weighted by Crippen LogP contribution is -2.38. The highest BCUT2D eigenvalue weighted by Crippen LogP contribution is 2.50. The Morgan fingerprint density at radius 1 is 1.00 bits per heavy atom. The van der Waals surface area contributed by atoms with Crippen molar-refractivity contribution < 1.29 is 24.1 Å². The number of carboxylic acid groups (broad SMARTS) is 1. The van der Waals surface area contributed by atoms with Crippen LogP contribution in [0.4, 0.5) is 0 Å². The zero-order valence-electron chi connectivity index (χ0n) is 12.8. The van der Waals surface area contributed by atoms with Crippen molar-refractivity contribution in [3.8, 4) is 17.2 Å². The average molecular weight is 294 g/mol. The molecule has 5 nitrogen and oxygen atoms in total. The SMILES string of the molecule is COc1ccc(OC)c(C2(C(=O)O)CCCCC2)c1OC. The molecular formula is C16H22O5. The second-order valence-corrected chi connectivity index (χ2v) is 5.33. The van der Waals surface area contributed by atoms with Crippen LogP contribution in [0.15, 0.2) is 12.1 Å². The standard InChI is InChI=1S/C16H22O5/c1-19-11-7-8-12(20-2)14(21-3)13(11)16(15(17)18)9-5-4-6-10-16/h7-8H,4-6,9-10H2,1-3H3,(H,17,18). The van der Waals surface area contributed by atoms with Crippen molar-refractivity contribution in [2.24, 2.45) is 0 Å². The Bertz CT molecular complexity index is 518. The number of aliphatic carboxylic acids is 1. The smallest absolute Gasteiger partial charge is 0.314 e. The zero-order chi connectivity index (χ0) is 15.5. The van der Waals surface area contributed by atoms with Gasteiger partial charge in [0.15, 0.2) is 11.5 Å². The molecule has 0 amide bonds. The van der Waals surface area contributed by atoms with Crippen molar-refractivity contribution in [1.82, 2.24) is 0 Å². The molecule has 2 rings (SSSR count). The third kappa shape index (κ3) is 2.52. The summed E-state index contributed by atoms with van der Waals surface area (Å²) in [5, 5.41) is 9.89. The van der Waals surface area contributed by atoms with Gasteiger partial charge in [0.05, 0.1) is 26.9 Å². The molecule has 1 N–H and O–H groups in total. The minimum Gasteiger partial charge on any atom is -0.496 e.